The fourth-order valence-electron chi connectivity index (χ4n) is 3.07. The van der Waals surface area contributed by atoms with Crippen molar-refractivity contribution in [3.63, 3.8) is 0 Å². The normalized spacial score (nSPS) is 11.4. The van der Waals surface area contributed by atoms with Crippen molar-refractivity contribution >= 4 is 17.7 Å². The van der Waals surface area contributed by atoms with Crippen LogP contribution >= 0.6 is 0 Å². The van der Waals surface area contributed by atoms with Crippen LogP contribution in [0.4, 0.5) is 0 Å². The summed E-state index contributed by atoms with van der Waals surface area (Å²) in [4.78, 5) is 27.2. The molecular formula is C23H35NO5. The van der Waals surface area contributed by atoms with E-state index in [0.717, 1.165) is 24.8 Å². The maximum Gasteiger partial charge on any atom is 0.335 e. The van der Waals surface area contributed by atoms with Crippen LogP contribution in [0.5, 0.6) is 5.75 Å². The molecule has 0 aliphatic carbocycles. The standard InChI is InChI=1S/C23H35NO5/c1-3-4-5-6-7-8-9-10-11-12-20(19-17-18(2)13-14-21(19)25)24-29-23(28)16-15-22(26)27/h13-14,17,25H,3-12,15-16H2,1-2H3,(H,26,27)/b24-20-. The van der Waals surface area contributed by atoms with E-state index >= 15 is 0 Å². The number of carbonyl (C=O) groups excluding carboxylic acids is 1. The number of hydrogen-bond donors (Lipinski definition) is 2. The van der Waals surface area contributed by atoms with Gasteiger partial charge in [0, 0.05) is 5.56 Å². The van der Waals surface area contributed by atoms with E-state index in [9.17, 15) is 14.7 Å². The molecule has 162 valence electrons. The number of benzene rings is 1. The zero-order chi connectivity index (χ0) is 21.5. The highest BCUT2D eigenvalue weighted by atomic mass is 16.7. The molecule has 1 rings (SSSR count). The van der Waals surface area contributed by atoms with E-state index in [0.29, 0.717) is 17.7 Å². The molecular weight excluding hydrogens is 370 g/mol. The summed E-state index contributed by atoms with van der Waals surface area (Å²) in [7, 11) is 0. The second kappa shape index (κ2) is 14.6. The van der Waals surface area contributed by atoms with Crippen LogP contribution in [-0.2, 0) is 14.4 Å². The zero-order valence-electron chi connectivity index (χ0n) is 17.8. The van der Waals surface area contributed by atoms with Gasteiger partial charge in [-0.1, -0.05) is 75.1 Å². The van der Waals surface area contributed by atoms with Gasteiger partial charge in [-0.15, -0.1) is 0 Å². The first-order valence-corrected chi connectivity index (χ1v) is 10.7. The second-order valence-electron chi connectivity index (χ2n) is 7.49. The number of aryl methyl sites for hydroxylation is 1. The van der Waals surface area contributed by atoms with Crippen LogP contribution in [0.2, 0.25) is 0 Å². The van der Waals surface area contributed by atoms with Crippen LogP contribution in [0.1, 0.15) is 95.1 Å². The largest absolute Gasteiger partial charge is 0.507 e. The van der Waals surface area contributed by atoms with Crippen LogP contribution in [-0.4, -0.2) is 27.9 Å². The lowest BCUT2D eigenvalue weighted by Gasteiger charge is -2.10. The van der Waals surface area contributed by atoms with Crippen molar-refractivity contribution < 1.29 is 24.6 Å². The zero-order valence-corrected chi connectivity index (χ0v) is 17.8. The number of phenolic OH excluding ortho intramolecular Hbond substituents is 1. The molecule has 0 amide bonds. The molecule has 0 saturated heterocycles. The number of carboxylic acid groups (broad SMARTS) is 1. The van der Waals surface area contributed by atoms with E-state index in [4.69, 9.17) is 9.94 Å². The molecule has 6 heteroatoms. The van der Waals surface area contributed by atoms with Crippen molar-refractivity contribution in [2.24, 2.45) is 5.16 Å². The van der Waals surface area contributed by atoms with E-state index in [2.05, 4.69) is 12.1 Å². The molecule has 0 aliphatic heterocycles. The molecule has 1 aromatic carbocycles. The monoisotopic (exact) mass is 405 g/mol. The molecule has 0 unspecified atom stereocenters. The Morgan fingerprint density at radius 2 is 1.55 bits per heavy atom. The van der Waals surface area contributed by atoms with Crippen molar-refractivity contribution in [2.45, 2.75) is 90.9 Å². The third kappa shape index (κ3) is 11.3. The average Bonchev–Trinajstić information content (AvgIpc) is 2.69. The van der Waals surface area contributed by atoms with Gasteiger partial charge in [-0.25, -0.2) is 4.79 Å². The third-order valence-electron chi connectivity index (χ3n) is 4.78. The highest BCUT2D eigenvalue weighted by Crippen LogP contribution is 2.22. The SMILES string of the molecule is CCCCCCCCCCC/C(=N/OC(=O)CCC(=O)O)c1cc(C)ccc1O. The summed E-state index contributed by atoms with van der Waals surface area (Å²) in [5, 5.41) is 22.8. The van der Waals surface area contributed by atoms with Gasteiger partial charge in [-0.2, -0.15) is 0 Å². The Labute approximate surface area is 174 Å². The first kappa shape index (κ1) is 24.7. The van der Waals surface area contributed by atoms with E-state index in [1.165, 1.54) is 38.5 Å². The van der Waals surface area contributed by atoms with E-state index in [-0.39, 0.29) is 18.6 Å². The van der Waals surface area contributed by atoms with Gasteiger partial charge in [0.15, 0.2) is 0 Å². The minimum absolute atomic E-state index is 0.0897. The van der Waals surface area contributed by atoms with Gasteiger partial charge in [0.2, 0.25) is 0 Å². The Bertz CT molecular complexity index is 669. The number of carbonyl (C=O) groups is 2. The lowest BCUT2D eigenvalue weighted by Crippen LogP contribution is -2.08. The van der Waals surface area contributed by atoms with Crippen molar-refractivity contribution in [1.82, 2.24) is 0 Å². The summed E-state index contributed by atoms with van der Waals surface area (Å²) < 4.78 is 0. The molecule has 2 N–H and O–H groups in total. The van der Waals surface area contributed by atoms with E-state index in [1.54, 1.807) is 12.1 Å². The van der Waals surface area contributed by atoms with Gasteiger partial charge >= 0.3 is 11.9 Å². The minimum atomic E-state index is -1.06. The van der Waals surface area contributed by atoms with Crippen LogP contribution < -0.4 is 0 Å². The number of rotatable bonds is 15. The highest BCUT2D eigenvalue weighted by Gasteiger charge is 2.13. The van der Waals surface area contributed by atoms with Gasteiger partial charge < -0.3 is 15.1 Å². The molecule has 0 aliphatic rings. The molecule has 0 atom stereocenters. The summed E-state index contributed by atoms with van der Waals surface area (Å²) in [6, 6.07) is 5.21. The van der Waals surface area contributed by atoms with Gasteiger partial charge in [0.05, 0.1) is 18.6 Å². The minimum Gasteiger partial charge on any atom is -0.507 e. The number of nitrogens with zero attached hydrogens (tertiary/aromatic N) is 1. The first-order valence-electron chi connectivity index (χ1n) is 10.7. The molecule has 0 bridgehead atoms. The van der Waals surface area contributed by atoms with Crippen LogP contribution in [0.25, 0.3) is 0 Å². The van der Waals surface area contributed by atoms with Crippen LogP contribution in [0.15, 0.2) is 23.4 Å². The van der Waals surface area contributed by atoms with Gasteiger partial charge in [-0.3, -0.25) is 4.79 Å². The third-order valence-corrected chi connectivity index (χ3v) is 4.78. The number of unbranched alkanes of at least 4 members (excludes halogenated alkanes) is 8. The number of carboxylic acids is 1. The van der Waals surface area contributed by atoms with Crippen molar-refractivity contribution in [2.75, 3.05) is 0 Å². The molecule has 0 spiro atoms. The predicted octanol–water partition coefficient (Wildman–Crippen LogP) is 5.73. The fourth-order valence-corrected chi connectivity index (χ4v) is 3.07. The van der Waals surface area contributed by atoms with Gasteiger partial charge in [0.1, 0.15) is 5.75 Å². The average molecular weight is 406 g/mol. The van der Waals surface area contributed by atoms with E-state index < -0.39 is 11.9 Å². The number of hydrogen-bond acceptors (Lipinski definition) is 5. The molecule has 6 nitrogen and oxygen atoms in total. The number of oxime groups is 1. The highest BCUT2D eigenvalue weighted by molar-refractivity contribution is 6.02. The topological polar surface area (TPSA) is 96.2 Å². The Balaban J connectivity index is 2.58. The number of phenols is 1. The molecule has 1 aromatic rings. The maximum absolute atomic E-state index is 11.7. The summed E-state index contributed by atoms with van der Waals surface area (Å²) in [6.45, 7) is 4.13. The lowest BCUT2D eigenvalue weighted by atomic mass is 10.00. The molecule has 0 aromatic heterocycles. The fraction of sp³-hybridized carbons (Fsp3) is 0.609. The Kier molecular flexibility index (Phi) is 12.4. The van der Waals surface area contributed by atoms with Crippen molar-refractivity contribution in [1.29, 1.82) is 0 Å². The Morgan fingerprint density at radius 1 is 0.931 bits per heavy atom. The lowest BCUT2D eigenvalue weighted by molar-refractivity contribution is -0.147. The molecule has 0 radical (unpaired) electrons. The quantitative estimate of drug-likeness (QED) is 0.168. The number of aromatic hydroxyl groups is 1. The Morgan fingerprint density at radius 3 is 2.17 bits per heavy atom. The number of aliphatic carboxylic acids is 1. The molecule has 29 heavy (non-hydrogen) atoms. The van der Waals surface area contributed by atoms with Crippen molar-refractivity contribution in [3.8, 4) is 5.75 Å². The smallest absolute Gasteiger partial charge is 0.335 e. The summed E-state index contributed by atoms with van der Waals surface area (Å²) >= 11 is 0. The molecule has 0 saturated carbocycles. The summed E-state index contributed by atoms with van der Waals surface area (Å²) in [6.07, 6.45) is 10.8. The Hall–Kier alpha value is -2.37. The predicted molar refractivity (Wildman–Crippen MR) is 114 cm³/mol. The van der Waals surface area contributed by atoms with Crippen LogP contribution in [0, 0.1) is 6.92 Å². The van der Waals surface area contributed by atoms with Crippen molar-refractivity contribution in [3.05, 3.63) is 29.3 Å². The van der Waals surface area contributed by atoms with Gasteiger partial charge in [0.25, 0.3) is 0 Å². The maximum atomic E-state index is 11.7. The summed E-state index contributed by atoms with van der Waals surface area (Å²) in [5.74, 6) is -1.66. The molecule has 0 fully saturated rings. The first-order chi connectivity index (χ1) is 13.9. The molecule has 0 heterocycles. The van der Waals surface area contributed by atoms with Gasteiger partial charge in [-0.05, 0) is 31.9 Å². The van der Waals surface area contributed by atoms with E-state index in [1.807, 2.05) is 13.0 Å². The second-order valence-corrected chi connectivity index (χ2v) is 7.49. The van der Waals surface area contributed by atoms with Crippen LogP contribution in [0.3, 0.4) is 0 Å². The summed E-state index contributed by atoms with van der Waals surface area (Å²) in [5.41, 5.74) is 2.03.